The van der Waals surface area contributed by atoms with Gasteiger partial charge < -0.3 is 5.32 Å². The molecule has 4 nitrogen and oxygen atoms in total. The second kappa shape index (κ2) is 5.90. The van der Waals surface area contributed by atoms with E-state index in [0.29, 0.717) is 12.2 Å². The maximum atomic E-state index is 10.8. The quantitative estimate of drug-likeness (QED) is 0.616. The van der Waals surface area contributed by atoms with Gasteiger partial charge in [-0.05, 0) is 41.1 Å². The Hall–Kier alpha value is -1.11. The SMILES string of the molecule is Cc1sc(CNc2ccc(Cl)c([N+](=O)[O-])c2)cc1Br. The molecule has 0 aliphatic heterocycles. The highest BCUT2D eigenvalue weighted by atomic mass is 79.9. The van der Waals surface area contributed by atoms with Crippen molar-refractivity contribution in [3.63, 3.8) is 0 Å². The smallest absolute Gasteiger partial charge is 0.289 e. The molecular formula is C12H10BrClN2O2S. The standard InChI is InChI=1S/C12H10BrClN2O2S/c1-7-10(13)5-9(19-7)6-15-8-2-3-11(14)12(4-8)16(17)18/h2-5,15H,6H2,1H3. The van der Waals surface area contributed by atoms with Crippen LogP contribution in [0.2, 0.25) is 5.02 Å². The monoisotopic (exact) mass is 360 g/mol. The van der Waals surface area contributed by atoms with Crippen LogP contribution in [0.1, 0.15) is 9.75 Å². The zero-order chi connectivity index (χ0) is 14.0. The zero-order valence-corrected chi connectivity index (χ0v) is 13.1. The van der Waals surface area contributed by atoms with Crippen molar-refractivity contribution in [1.82, 2.24) is 0 Å². The number of benzene rings is 1. The first-order valence-corrected chi connectivity index (χ1v) is 7.38. The van der Waals surface area contributed by atoms with E-state index in [-0.39, 0.29) is 10.7 Å². The van der Waals surface area contributed by atoms with Gasteiger partial charge in [-0.2, -0.15) is 0 Å². The van der Waals surface area contributed by atoms with E-state index in [1.165, 1.54) is 17.0 Å². The molecule has 0 radical (unpaired) electrons. The molecule has 2 aromatic rings. The van der Waals surface area contributed by atoms with E-state index in [9.17, 15) is 10.1 Å². The number of nitrogens with one attached hydrogen (secondary N) is 1. The van der Waals surface area contributed by atoms with Gasteiger partial charge in [-0.1, -0.05) is 11.6 Å². The van der Waals surface area contributed by atoms with Crippen molar-refractivity contribution < 1.29 is 4.92 Å². The summed E-state index contributed by atoms with van der Waals surface area (Å²) in [6, 6.07) is 6.73. The largest absolute Gasteiger partial charge is 0.380 e. The average Bonchev–Trinajstić information content (AvgIpc) is 2.67. The van der Waals surface area contributed by atoms with Crippen LogP contribution >= 0.6 is 38.9 Å². The predicted octanol–water partition coefficient (Wildman–Crippen LogP) is 4.99. The third-order valence-electron chi connectivity index (χ3n) is 2.52. The highest BCUT2D eigenvalue weighted by Crippen LogP contribution is 2.29. The van der Waals surface area contributed by atoms with E-state index in [1.54, 1.807) is 17.4 Å². The molecule has 19 heavy (non-hydrogen) atoms. The fourth-order valence-electron chi connectivity index (χ4n) is 1.56. The van der Waals surface area contributed by atoms with Crippen LogP contribution in [-0.4, -0.2) is 4.92 Å². The molecule has 0 amide bonds. The first-order valence-electron chi connectivity index (χ1n) is 5.40. The number of nitrogens with zero attached hydrogens (tertiary/aromatic N) is 1. The van der Waals surface area contributed by atoms with Gasteiger partial charge in [-0.15, -0.1) is 11.3 Å². The fourth-order valence-corrected chi connectivity index (χ4v) is 3.28. The molecule has 1 aromatic heterocycles. The van der Waals surface area contributed by atoms with Crippen molar-refractivity contribution in [2.75, 3.05) is 5.32 Å². The Kier molecular flexibility index (Phi) is 4.44. The molecular weight excluding hydrogens is 352 g/mol. The third kappa shape index (κ3) is 3.46. The van der Waals surface area contributed by atoms with Gasteiger partial charge in [-0.25, -0.2) is 0 Å². The van der Waals surface area contributed by atoms with Gasteiger partial charge in [0.05, 0.1) is 4.92 Å². The molecule has 1 aromatic carbocycles. The lowest BCUT2D eigenvalue weighted by Crippen LogP contribution is -1.98. The highest BCUT2D eigenvalue weighted by molar-refractivity contribution is 9.10. The van der Waals surface area contributed by atoms with Gasteiger partial charge >= 0.3 is 0 Å². The van der Waals surface area contributed by atoms with Crippen molar-refractivity contribution in [2.24, 2.45) is 0 Å². The van der Waals surface area contributed by atoms with Gasteiger partial charge in [0, 0.05) is 32.5 Å². The molecule has 0 spiro atoms. The average molecular weight is 362 g/mol. The Bertz CT molecular complexity index is 611. The molecule has 0 unspecified atom stereocenters. The van der Waals surface area contributed by atoms with Crippen LogP contribution in [0, 0.1) is 17.0 Å². The van der Waals surface area contributed by atoms with Gasteiger partial charge in [-0.3, -0.25) is 10.1 Å². The van der Waals surface area contributed by atoms with Gasteiger partial charge in [0.1, 0.15) is 5.02 Å². The Labute approximate surface area is 127 Å². The summed E-state index contributed by atoms with van der Waals surface area (Å²) in [5.41, 5.74) is 0.591. The van der Waals surface area contributed by atoms with Crippen molar-refractivity contribution in [3.8, 4) is 0 Å². The highest BCUT2D eigenvalue weighted by Gasteiger charge is 2.12. The van der Waals surface area contributed by atoms with Crippen LogP contribution in [0.25, 0.3) is 0 Å². The van der Waals surface area contributed by atoms with E-state index < -0.39 is 4.92 Å². The summed E-state index contributed by atoms with van der Waals surface area (Å²) in [7, 11) is 0. The second-order valence-corrected chi connectivity index (χ2v) is 6.50. The molecule has 0 atom stereocenters. The molecule has 100 valence electrons. The molecule has 0 saturated carbocycles. The minimum Gasteiger partial charge on any atom is -0.380 e. The van der Waals surface area contributed by atoms with E-state index >= 15 is 0 Å². The van der Waals surface area contributed by atoms with Crippen molar-refractivity contribution in [2.45, 2.75) is 13.5 Å². The summed E-state index contributed by atoms with van der Waals surface area (Å²) in [5, 5.41) is 14.1. The van der Waals surface area contributed by atoms with Gasteiger partial charge in [0.25, 0.3) is 5.69 Å². The third-order valence-corrected chi connectivity index (χ3v) is 4.97. The maximum absolute atomic E-state index is 10.8. The minimum absolute atomic E-state index is 0.0878. The summed E-state index contributed by atoms with van der Waals surface area (Å²) in [6.07, 6.45) is 0. The normalized spacial score (nSPS) is 10.5. The summed E-state index contributed by atoms with van der Waals surface area (Å²) in [5.74, 6) is 0. The van der Waals surface area contributed by atoms with E-state index in [4.69, 9.17) is 11.6 Å². The fraction of sp³-hybridized carbons (Fsp3) is 0.167. The summed E-state index contributed by atoms with van der Waals surface area (Å²) in [6.45, 7) is 2.65. The van der Waals surface area contributed by atoms with E-state index in [2.05, 4.69) is 21.2 Å². The Morgan fingerprint density at radius 1 is 1.47 bits per heavy atom. The number of nitro groups is 1. The van der Waals surface area contributed by atoms with Gasteiger partial charge in [0.15, 0.2) is 0 Å². The van der Waals surface area contributed by atoms with Crippen LogP contribution in [-0.2, 0) is 6.54 Å². The number of anilines is 1. The second-order valence-electron chi connectivity index (χ2n) is 3.89. The summed E-state index contributed by atoms with van der Waals surface area (Å²) >= 11 is 10.9. The Balaban J connectivity index is 2.11. The lowest BCUT2D eigenvalue weighted by atomic mass is 10.2. The number of hydrogen-bond donors (Lipinski definition) is 1. The molecule has 0 saturated heterocycles. The van der Waals surface area contributed by atoms with Crippen molar-refractivity contribution >= 4 is 50.2 Å². The molecule has 0 aliphatic rings. The number of nitro benzene ring substituents is 1. The topological polar surface area (TPSA) is 55.2 Å². The van der Waals surface area contributed by atoms with Gasteiger partial charge in [0.2, 0.25) is 0 Å². The number of halogens is 2. The molecule has 2 rings (SSSR count). The maximum Gasteiger partial charge on any atom is 0.289 e. The first-order chi connectivity index (χ1) is 8.97. The predicted molar refractivity (Wildman–Crippen MR) is 82.2 cm³/mol. The van der Waals surface area contributed by atoms with Crippen LogP contribution in [0.4, 0.5) is 11.4 Å². The molecule has 0 bridgehead atoms. The first kappa shape index (κ1) is 14.3. The molecule has 1 N–H and O–H groups in total. The van der Waals surface area contributed by atoms with E-state index in [0.717, 1.165) is 9.35 Å². The lowest BCUT2D eigenvalue weighted by Gasteiger charge is -2.05. The molecule has 0 aliphatic carbocycles. The van der Waals surface area contributed by atoms with E-state index in [1.807, 2.05) is 13.0 Å². The summed E-state index contributed by atoms with van der Waals surface area (Å²) in [4.78, 5) is 12.7. The van der Waals surface area contributed by atoms with Crippen LogP contribution in [0.15, 0.2) is 28.7 Å². The van der Waals surface area contributed by atoms with Crippen molar-refractivity contribution in [3.05, 3.63) is 53.6 Å². The number of rotatable bonds is 4. The Morgan fingerprint density at radius 2 is 2.21 bits per heavy atom. The van der Waals surface area contributed by atoms with Crippen LogP contribution in [0.3, 0.4) is 0 Å². The van der Waals surface area contributed by atoms with Crippen molar-refractivity contribution in [1.29, 1.82) is 0 Å². The number of hydrogen-bond acceptors (Lipinski definition) is 4. The lowest BCUT2D eigenvalue weighted by molar-refractivity contribution is -0.384. The van der Waals surface area contributed by atoms with Crippen LogP contribution < -0.4 is 5.32 Å². The number of thiophene rings is 1. The molecule has 0 fully saturated rings. The summed E-state index contributed by atoms with van der Waals surface area (Å²) < 4.78 is 1.08. The molecule has 7 heteroatoms. The van der Waals surface area contributed by atoms with Crippen LogP contribution in [0.5, 0.6) is 0 Å². The zero-order valence-electron chi connectivity index (χ0n) is 9.94. The molecule has 1 heterocycles. The number of aryl methyl sites for hydroxylation is 1. The minimum atomic E-state index is -0.487. The Morgan fingerprint density at radius 3 is 2.79 bits per heavy atom.